The van der Waals surface area contributed by atoms with Crippen LogP contribution in [-0.2, 0) is 15.8 Å². The number of carbonyl (C=O) groups is 2. The van der Waals surface area contributed by atoms with Crippen LogP contribution in [0.4, 0.5) is 10.6 Å². The lowest BCUT2D eigenvalue weighted by molar-refractivity contribution is 0.0106. The minimum atomic E-state index is -0.630. The maximum Gasteiger partial charge on any atom is 0.320 e. The number of aromatic nitrogens is 5. The Kier molecular flexibility index (Phi) is 10.6. The molecule has 1 aliphatic carbocycles. The summed E-state index contributed by atoms with van der Waals surface area (Å²) in [4.78, 5) is 38.2. The second-order valence-corrected chi connectivity index (χ2v) is 15.3. The molecule has 1 aromatic carbocycles. The summed E-state index contributed by atoms with van der Waals surface area (Å²) in [5.74, 6) is 1.62. The molecule has 0 unspecified atom stereocenters. The van der Waals surface area contributed by atoms with Crippen molar-refractivity contribution in [2.75, 3.05) is 26.0 Å². The minimum Gasteiger partial charge on any atom is -0.484 e. The number of pyridine rings is 1. The molecule has 2 atom stereocenters. The molecule has 0 spiro atoms. The molecule has 50 heavy (non-hydrogen) atoms. The maximum absolute atomic E-state index is 13.5. The van der Waals surface area contributed by atoms with E-state index >= 15 is 0 Å². The zero-order valence-electron chi connectivity index (χ0n) is 31.1. The van der Waals surface area contributed by atoms with Crippen LogP contribution in [-0.4, -0.2) is 67.5 Å². The number of carbonyl (C=O) groups excluding carboxylic acids is 2. The Hall–Kier alpha value is -4.42. The molecular weight excluding hydrogens is 632 g/mol. The van der Waals surface area contributed by atoms with E-state index in [2.05, 4.69) is 63.5 Å². The van der Waals surface area contributed by atoms with Crippen molar-refractivity contribution in [3.63, 3.8) is 0 Å². The SMILES string of the molecule is CCN(C)C(C)(C)CCC(=O)c1nc(NC(=O)N[C@H]2CC[C@@H](Oc3ccc4nnc(C(C)(C)OC)n4c3)c3ccccc32)cc(C(C)(C)C)n1. The molecule has 4 aromatic rings. The Morgan fingerprint density at radius 2 is 1.70 bits per heavy atom. The quantitative estimate of drug-likeness (QED) is 0.149. The monoisotopic (exact) mass is 684 g/mol. The summed E-state index contributed by atoms with van der Waals surface area (Å²) in [5.41, 5.74) is 2.24. The average molecular weight is 685 g/mol. The van der Waals surface area contributed by atoms with Gasteiger partial charge in [0.25, 0.3) is 0 Å². The number of ether oxygens (including phenoxy) is 2. The number of nitrogens with one attached hydrogen (secondary N) is 2. The zero-order valence-corrected chi connectivity index (χ0v) is 31.1. The second kappa shape index (κ2) is 14.4. The van der Waals surface area contributed by atoms with Crippen LogP contribution in [0.5, 0.6) is 5.75 Å². The van der Waals surface area contributed by atoms with Gasteiger partial charge in [0, 0.05) is 30.6 Å². The normalized spacial score (nSPS) is 16.7. The molecule has 12 heteroatoms. The summed E-state index contributed by atoms with van der Waals surface area (Å²) in [6.45, 7) is 17.2. The number of fused-ring (bicyclic) bond motifs is 2. The van der Waals surface area contributed by atoms with E-state index in [1.165, 1.54) is 0 Å². The third-order valence-corrected chi connectivity index (χ3v) is 9.90. The first-order valence-electron chi connectivity index (χ1n) is 17.4. The number of hydrogen-bond acceptors (Lipinski definition) is 9. The lowest BCUT2D eigenvalue weighted by atomic mass is 9.85. The molecule has 5 rings (SSSR count). The molecule has 0 bridgehead atoms. The first-order chi connectivity index (χ1) is 23.5. The predicted molar refractivity (Wildman–Crippen MR) is 194 cm³/mol. The Morgan fingerprint density at radius 1 is 0.980 bits per heavy atom. The molecule has 0 radical (unpaired) electrons. The summed E-state index contributed by atoms with van der Waals surface area (Å²) in [6, 6.07) is 12.9. The molecule has 0 aliphatic heterocycles. The molecular formula is C38H52N8O4. The molecule has 268 valence electrons. The number of amides is 2. The minimum absolute atomic E-state index is 0.119. The Morgan fingerprint density at radius 3 is 2.38 bits per heavy atom. The van der Waals surface area contributed by atoms with E-state index in [-0.39, 0.29) is 34.7 Å². The number of benzene rings is 1. The van der Waals surface area contributed by atoms with Crippen LogP contribution in [0.2, 0.25) is 0 Å². The third-order valence-electron chi connectivity index (χ3n) is 9.90. The lowest BCUT2D eigenvalue weighted by Gasteiger charge is -2.34. The highest BCUT2D eigenvalue weighted by molar-refractivity contribution is 5.94. The standard InChI is InChI=1S/C38H52N8O4/c1-11-45(9)37(5,6)21-20-28(47)33-40-30(36(2,3)4)22-31(41-33)42-35(48)39-27-17-18-29(26-15-13-12-14-25(26)27)50-24-16-19-32-43-44-34(46(32)23-24)38(7,8)49-10/h12-16,19,22-23,27,29H,11,17-18,20-21H2,1-10H3,(H2,39,40,41,42,48)/t27-,29+/m0/s1. The number of anilines is 1. The van der Waals surface area contributed by atoms with Crippen molar-refractivity contribution >= 4 is 23.3 Å². The van der Waals surface area contributed by atoms with Gasteiger partial charge in [-0.1, -0.05) is 52.0 Å². The summed E-state index contributed by atoms with van der Waals surface area (Å²) >= 11 is 0. The Bertz CT molecular complexity index is 1840. The van der Waals surface area contributed by atoms with Crippen LogP contribution in [0.1, 0.15) is 126 Å². The average Bonchev–Trinajstić information content (AvgIpc) is 3.51. The van der Waals surface area contributed by atoms with Gasteiger partial charge in [-0.2, -0.15) is 0 Å². The van der Waals surface area contributed by atoms with Crippen molar-refractivity contribution in [2.45, 2.75) is 110 Å². The van der Waals surface area contributed by atoms with E-state index in [9.17, 15) is 9.59 Å². The number of nitrogens with zero attached hydrogens (tertiary/aromatic N) is 6. The largest absolute Gasteiger partial charge is 0.484 e. The molecule has 12 nitrogen and oxygen atoms in total. The zero-order chi connectivity index (χ0) is 36.4. The molecule has 3 heterocycles. The van der Waals surface area contributed by atoms with Gasteiger partial charge in [-0.25, -0.2) is 14.8 Å². The molecule has 0 fully saturated rings. The number of ketones is 1. The highest BCUT2D eigenvalue weighted by Gasteiger charge is 2.31. The van der Waals surface area contributed by atoms with E-state index in [4.69, 9.17) is 9.47 Å². The van der Waals surface area contributed by atoms with Crippen LogP contribution < -0.4 is 15.4 Å². The first-order valence-corrected chi connectivity index (χ1v) is 17.4. The van der Waals surface area contributed by atoms with Crippen molar-refractivity contribution in [2.24, 2.45) is 0 Å². The number of urea groups is 1. The maximum atomic E-state index is 13.5. The van der Waals surface area contributed by atoms with Gasteiger partial charge in [0.05, 0.1) is 17.9 Å². The molecule has 2 amide bonds. The summed E-state index contributed by atoms with van der Waals surface area (Å²) in [6.07, 6.45) is 3.99. The topological polar surface area (TPSA) is 136 Å². The fraction of sp³-hybridized carbons (Fsp3) is 0.526. The van der Waals surface area contributed by atoms with Gasteiger partial charge >= 0.3 is 6.03 Å². The van der Waals surface area contributed by atoms with Crippen LogP contribution in [0.3, 0.4) is 0 Å². The fourth-order valence-electron chi connectivity index (χ4n) is 6.11. The number of rotatable bonds is 12. The van der Waals surface area contributed by atoms with Crippen LogP contribution in [0.15, 0.2) is 48.7 Å². The second-order valence-electron chi connectivity index (χ2n) is 15.3. The van der Waals surface area contributed by atoms with E-state index in [1.54, 1.807) is 13.2 Å². The van der Waals surface area contributed by atoms with Gasteiger partial charge in [-0.05, 0) is 83.8 Å². The number of hydrogen-bond donors (Lipinski definition) is 2. The van der Waals surface area contributed by atoms with E-state index < -0.39 is 11.6 Å². The van der Waals surface area contributed by atoms with Crippen molar-refractivity contribution < 1.29 is 19.1 Å². The third kappa shape index (κ3) is 8.13. The van der Waals surface area contributed by atoms with Gasteiger partial charge < -0.3 is 19.7 Å². The molecule has 0 saturated heterocycles. The number of Topliss-reactive ketones (excluding diaryl/α,β-unsaturated/α-hetero) is 1. The Labute approximate surface area is 295 Å². The van der Waals surface area contributed by atoms with E-state index in [0.29, 0.717) is 54.4 Å². The van der Waals surface area contributed by atoms with Crippen molar-refractivity contribution in [3.8, 4) is 5.75 Å². The smallest absolute Gasteiger partial charge is 0.320 e. The van der Waals surface area contributed by atoms with Crippen LogP contribution in [0, 0.1) is 0 Å². The highest BCUT2D eigenvalue weighted by Crippen LogP contribution is 2.39. The molecule has 0 saturated carbocycles. The molecule has 1 aliphatic rings. The van der Waals surface area contributed by atoms with Gasteiger partial charge in [0.1, 0.15) is 23.3 Å². The van der Waals surface area contributed by atoms with Crippen molar-refractivity contribution in [1.82, 2.24) is 34.8 Å². The van der Waals surface area contributed by atoms with Crippen LogP contribution in [0.25, 0.3) is 5.65 Å². The summed E-state index contributed by atoms with van der Waals surface area (Å²) in [7, 11) is 3.70. The van der Waals surface area contributed by atoms with E-state index in [0.717, 1.165) is 17.7 Å². The molecule has 2 N–H and O–H groups in total. The lowest BCUT2D eigenvalue weighted by Crippen LogP contribution is -2.41. The van der Waals surface area contributed by atoms with Gasteiger partial charge in [-0.3, -0.25) is 14.5 Å². The highest BCUT2D eigenvalue weighted by atomic mass is 16.5. The summed E-state index contributed by atoms with van der Waals surface area (Å²) < 4.78 is 14.1. The number of methoxy groups -OCH3 is 1. The fourth-order valence-corrected chi connectivity index (χ4v) is 6.11. The van der Waals surface area contributed by atoms with E-state index in [1.807, 2.05) is 81.6 Å². The van der Waals surface area contributed by atoms with Gasteiger partial charge in [0.15, 0.2) is 23.1 Å². The van der Waals surface area contributed by atoms with Crippen molar-refractivity contribution in [1.29, 1.82) is 0 Å². The summed E-state index contributed by atoms with van der Waals surface area (Å²) in [5, 5.41) is 14.7. The first kappa shape index (κ1) is 36.9. The van der Waals surface area contributed by atoms with Gasteiger partial charge in [0.2, 0.25) is 0 Å². The molecule has 3 aromatic heterocycles. The predicted octanol–water partition coefficient (Wildman–Crippen LogP) is 7.17. The van der Waals surface area contributed by atoms with Crippen molar-refractivity contribution in [3.05, 3.63) is 77.1 Å². The van der Waals surface area contributed by atoms with Gasteiger partial charge in [-0.15, -0.1) is 10.2 Å². The Balaban J connectivity index is 1.31. The van der Waals surface area contributed by atoms with Crippen LogP contribution >= 0.6 is 0 Å².